The van der Waals surface area contributed by atoms with Gasteiger partial charge in [-0.15, -0.1) is 0 Å². The predicted octanol–water partition coefficient (Wildman–Crippen LogP) is 0.174. The number of nitro benzene ring substituents is 1. The molecule has 0 aromatic heterocycles. The molecule has 0 aliphatic rings. The van der Waals surface area contributed by atoms with Crippen LogP contribution in [0.5, 0.6) is 0 Å². The second-order valence-electron chi connectivity index (χ2n) is 3.33. The first-order valence-electron chi connectivity index (χ1n) is 4.74. The Bertz CT molecular complexity index is 526. The van der Waals surface area contributed by atoms with Crippen molar-refractivity contribution in [1.29, 1.82) is 0 Å². The highest BCUT2D eigenvalue weighted by Gasteiger charge is 2.19. The summed E-state index contributed by atoms with van der Waals surface area (Å²) in [7, 11) is -3.82. The molecule has 0 bridgehead atoms. The summed E-state index contributed by atoms with van der Waals surface area (Å²) in [5, 5.41) is 19.1. The first-order valence-corrected chi connectivity index (χ1v) is 6.22. The molecule has 0 heterocycles. The minimum Gasteiger partial charge on any atom is -0.395 e. The van der Waals surface area contributed by atoms with Crippen LogP contribution in [-0.2, 0) is 10.0 Å². The highest BCUT2D eigenvalue weighted by molar-refractivity contribution is 7.89. The average molecular weight is 260 g/mol. The molecule has 0 unspecified atom stereocenters. The molecular weight excluding hydrogens is 248 g/mol. The second-order valence-corrected chi connectivity index (χ2v) is 5.06. The summed E-state index contributed by atoms with van der Waals surface area (Å²) >= 11 is 0. The first kappa shape index (κ1) is 13.6. The van der Waals surface area contributed by atoms with Gasteiger partial charge in [-0.05, 0) is 12.5 Å². The van der Waals surface area contributed by atoms with Crippen LogP contribution in [0, 0.1) is 17.0 Å². The molecule has 0 atom stereocenters. The minimum atomic E-state index is -3.82. The van der Waals surface area contributed by atoms with Gasteiger partial charge in [0.2, 0.25) is 10.0 Å². The van der Waals surface area contributed by atoms with E-state index in [0.29, 0.717) is 5.56 Å². The maximum Gasteiger partial charge on any atom is 0.270 e. The van der Waals surface area contributed by atoms with Crippen LogP contribution >= 0.6 is 0 Å². The molecule has 1 aromatic rings. The van der Waals surface area contributed by atoms with Gasteiger partial charge in [0.1, 0.15) is 0 Å². The molecule has 8 heteroatoms. The fourth-order valence-electron chi connectivity index (χ4n) is 1.25. The molecule has 0 radical (unpaired) electrons. The number of sulfonamides is 1. The molecule has 0 aliphatic carbocycles. The number of nitrogens with zero attached hydrogens (tertiary/aromatic N) is 1. The van der Waals surface area contributed by atoms with Crippen molar-refractivity contribution in [3.63, 3.8) is 0 Å². The van der Waals surface area contributed by atoms with E-state index in [-0.39, 0.29) is 23.7 Å². The lowest BCUT2D eigenvalue weighted by molar-refractivity contribution is -0.385. The summed E-state index contributed by atoms with van der Waals surface area (Å²) in [5.74, 6) is 0. The van der Waals surface area contributed by atoms with Crippen LogP contribution < -0.4 is 4.72 Å². The van der Waals surface area contributed by atoms with Gasteiger partial charge in [-0.1, -0.05) is 6.07 Å². The van der Waals surface area contributed by atoms with E-state index in [1.165, 1.54) is 19.1 Å². The molecule has 2 N–H and O–H groups in total. The molecule has 1 aromatic carbocycles. The standard InChI is InChI=1S/C9H12N2O5S/c1-7-2-3-8(11(13)14)6-9(7)17(15,16)10-4-5-12/h2-3,6,10,12H,4-5H2,1H3. The average Bonchev–Trinajstić information content (AvgIpc) is 2.26. The summed E-state index contributed by atoms with van der Waals surface area (Å²) in [6.07, 6.45) is 0. The number of aliphatic hydroxyl groups is 1. The monoisotopic (exact) mass is 260 g/mol. The van der Waals surface area contributed by atoms with Gasteiger partial charge in [-0.2, -0.15) is 0 Å². The number of non-ortho nitro benzene ring substituents is 1. The van der Waals surface area contributed by atoms with E-state index >= 15 is 0 Å². The lowest BCUT2D eigenvalue weighted by Crippen LogP contribution is -2.27. The normalized spacial score (nSPS) is 11.4. The van der Waals surface area contributed by atoms with Crippen LogP contribution in [-0.4, -0.2) is 31.6 Å². The Morgan fingerprint density at radius 2 is 2.12 bits per heavy atom. The van der Waals surface area contributed by atoms with Gasteiger partial charge in [0, 0.05) is 18.7 Å². The van der Waals surface area contributed by atoms with Crippen molar-refractivity contribution in [2.24, 2.45) is 0 Å². The first-order chi connectivity index (χ1) is 7.88. The van der Waals surface area contributed by atoms with Crippen LogP contribution in [0.25, 0.3) is 0 Å². The largest absolute Gasteiger partial charge is 0.395 e. The molecule has 0 saturated heterocycles. The van der Waals surface area contributed by atoms with Gasteiger partial charge < -0.3 is 5.11 Å². The predicted molar refractivity (Wildman–Crippen MR) is 60.1 cm³/mol. The third-order valence-corrected chi connectivity index (χ3v) is 3.68. The number of hydrogen-bond donors (Lipinski definition) is 2. The summed E-state index contributed by atoms with van der Waals surface area (Å²) in [6.45, 7) is 1.06. The number of nitrogens with one attached hydrogen (secondary N) is 1. The van der Waals surface area contributed by atoms with Crippen molar-refractivity contribution >= 4 is 15.7 Å². The molecular formula is C9H12N2O5S. The number of rotatable bonds is 5. The Morgan fingerprint density at radius 3 is 2.65 bits per heavy atom. The smallest absolute Gasteiger partial charge is 0.270 e. The fourth-order valence-corrected chi connectivity index (χ4v) is 2.53. The Hall–Kier alpha value is -1.51. The topological polar surface area (TPSA) is 110 Å². The zero-order chi connectivity index (χ0) is 13.1. The van der Waals surface area contributed by atoms with E-state index in [0.717, 1.165) is 6.07 Å². The number of aryl methyl sites for hydroxylation is 1. The van der Waals surface area contributed by atoms with Crippen LogP contribution in [0.2, 0.25) is 0 Å². The summed E-state index contributed by atoms with van der Waals surface area (Å²) in [6, 6.07) is 3.60. The van der Waals surface area contributed by atoms with E-state index in [4.69, 9.17) is 5.11 Å². The van der Waals surface area contributed by atoms with Crippen LogP contribution in [0.3, 0.4) is 0 Å². The quantitative estimate of drug-likeness (QED) is 0.579. The zero-order valence-electron chi connectivity index (χ0n) is 9.08. The molecule has 0 saturated carbocycles. The van der Waals surface area contributed by atoms with Crippen molar-refractivity contribution < 1.29 is 18.4 Å². The lowest BCUT2D eigenvalue weighted by Gasteiger charge is -2.07. The third kappa shape index (κ3) is 3.22. The second kappa shape index (κ2) is 5.21. The third-order valence-electron chi connectivity index (χ3n) is 2.08. The van der Waals surface area contributed by atoms with E-state index in [1.807, 2.05) is 0 Å². The van der Waals surface area contributed by atoms with E-state index in [9.17, 15) is 18.5 Å². The lowest BCUT2D eigenvalue weighted by atomic mass is 10.2. The molecule has 17 heavy (non-hydrogen) atoms. The highest BCUT2D eigenvalue weighted by Crippen LogP contribution is 2.21. The van der Waals surface area contributed by atoms with Crippen LogP contribution in [0.4, 0.5) is 5.69 Å². The SMILES string of the molecule is Cc1ccc([N+](=O)[O-])cc1S(=O)(=O)NCCO. The fraction of sp³-hybridized carbons (Fsp3) is 0.333. The van der Waals surface area contributed by atoms with E-state index in [1.54, 1.807) is 0 Å². The molecule has 94 valence electrons. The van der Waals surface area contributed by atoms with Gasteiger partial charge in [0.25, 0.3) is 5.69 Å². The van der Waals surface area contributed by atoms with Gasteiger partial charge in [-0.3, -0.25) is 10.1 Å². The minimum absolute atomic E-state index is 0.134. The van der Waals surface area contributed by atoms with Gasteiger partial charge in [0.15, 0.2) is 0 Å². The van der Waals surface area contributed by atoms with E-state index < -0.39 is 14.9 Å². The number of benzene rings is 1. The molecule has 1 rings (SSSR count). The van der Waals surface area contributed by atoms with Gasteiger partial charge >= 0.3 is 0 Å². The maximum atomic E-state index is 11.7. The number of aliphatic hydroxyl groups excluding tert-OH is 1. The molecule has 0 fully saturated rings. The van der Waals surface area contributed by atoms with Crippen molar-refractivity contribution in [3.05, 3.63) is 33.9 Å². The zero-order valence-corrected chi connectivity index (χ0v) is 9.90. The number of nitro groups is 1. The maximum absolute atomic E-state index is 11.7. The van der Waals surface area contributed by atoms with Crippen LogP contribution in [0.15, 0.2) is 23.1 Å². The van der Waals surface area contributed by atoms with Gasteiger partial charge in [0.05, 0.1) is 16.4 Å². The molecule has 0 aliphatic heterocycles. The van der Waals surface area contributed by atoms with Crippen molar-refractivity contribution in [3.8, 4) is 0 Å². The van der Waals surface area contributed by atoms with Crippen LogP contribution in [0.1, 0.15) is 5.56 Å². The highest BCUT2D eigenvalue weighted by atomic mass is 32.2. The van der Waals surface area contributed by atoms with Crippen molar-refractivity contribution in [1.82, 2.24) is 4.72 Å². The summed E-state index contributed by atoms with van der Waals surface area (Å²) < 4.78 is 25.6. The summed E-state index contributed by atoms with van der Waals surface area (Å²) in [5.41, 5.74) is 0.112. The van der Waals surface area contributed by atoms with Crippen molar-refractivity contribution in [2.45, 2.75) is 11.8 Å². The van der Waals surface area contributed by atoms with E-state index in [2.05, 4.69) is 4.72 Å². The summed E-state index contributed by atoms with van der Waals surface area (Å²) in [4.78, 5) is 9.74. The Labute approximate surface area is 98.3 Å². The molecule has 0 spiro atoms. The Balaban J connectivity index is 3.20. The molecule has 7 nitrogen and oxygen atoms in total. The van der Waals surface area contributed by atoms with Gasteiger partial charge in [-0.25, -0.2) is 13.1 Å². The molecule has 0 amide bonds. The Morgan fingerprint density at radius 1 is 1.47 bits per heavy atom. The Kier molecular flexibility index (Phi) is 4.16. The van der Waals surface area contributed by atoms with Crippen molar-refractivity contribution in [2.75, 3.05) is 13.2 Å². The number of hydrogen-bond acceptors (Lipinski definition) is 5.